The molecule has 0 saturated heterocycles. The van der Waals surface area contributed by atoms with E-state index in [-0.39, 0.29) is 16.5 Å². The number of carbonyl (C=O) groups excluding carboxylic acids is 1. The normalized spacial score (nSPS) is 12.9. The Kier molecular flexibility index (Phi) is 4.23. The molecule has 1 aliphatic heterocycles. The number of nitrogens with one attached hydrogen (secondary N) is 1. The molecule has 0 atom stereocenters. The number of thioether (sulfide) groups is 1. The van der Waals surface area contributed by atoms with Gasteiger partial charge in [0.25, 0.3) is 5.91 Å². The van der Waals surface area contributed by atoms with Gasteiger partial charge in [0, 0.05) is 29.7 Å². The monoisotopic (exact) mass is 373 g/mol. The first kappa shape index (κ1) is 16.2. The summed E-state index contributed by atoms with van der Waals surface area (Å²) in [6.07, 6.45) is 2.02. The van der Waals surface area contributed by atoms with Crippen LogP contribution in [0.5, 0.6) is 0 Å². The summed E-state index contributed by atoms with van der Waals surface area (Å²) in [5, 5.41) is 3.89. The first-order chi connectivity index (χ1) is 12.1. The number of nitrogens with zero attached hydrogens (tertiary/aromatic N) is 2. The largest absolute Gasteiger partial charge is 0.325 e. The summed E-state index contributed by atoms with van der Waals surface area (Å²) in [6, 6.07) is 11.2. The number of hydrogen-bond acceptors (Lipinski definition) is 3. The summed E-state index contributed by atoms with van der Waals surface area (Å²) in [7, 11) is 0. The van der Waals surface area contributed by atoms with Crippen LogP contribution in [0, 0.1) is 5.82 Å². The molecular weight excluding hydrogens is 361 g/mol. The van der Waals surface area contributed by atoms with Gasteiger partial charge in [0.1, 0.15) is 5.82 Å². The van der Waals surface area contributed by atoms with Crippen LogP contribution in [0.15, 0.2) is 53.8 Å². The highest BCUT2D eigenvalue weighted by atomic mass is 35.5. The highest BCUT2D eigenvalue weighted by Crippen LogP contribution is 2.30. The molecule has 0 aliphatic carbocycles. The average Bonchev–Trinajstić information content (AvgIpc) is 3.16. The van der Waals surface area contributed by atoms with Crippen molar-refractivity contribution in [1.29, 1.82) is 0 Å². The molecule has 0 bridgehead atoms. The van der Waals surface area contributed by atoms with Gasteiger partial charge < -0.3 is 9.88 Å². The van der Waals surface area contributed by atoms with Crippen LogP contribution in [0.1, 0.15) is 10.4 Å². The Morgan fingerprint density at radius 2 is 2.16 bits per heavy atom. The maximum Gasteiger partial charge on any atom is 0.257 e. The molecule has 25 heavy (non-hydrogen) atoms. The van der Waals surface area contributed by atoms with Gasteiger partial charge in [-0.2, -0.15) is 0 Å². The van der Waals surface area contributed by atoms with Crippen LogP contribution >= 0.6 is 23.4 Å². The lowest BCUT2D eigenvalue weighted by Gasteiger charge is -2.08. The molecule has 0 saturated carbocycles. The number of aryl methyl sites for hydroxylation is 1. The maximum atomic E-state index is 13.1. The Morgan fingerprint density at radius 3 is 2.96 bits per heavy atom. The molecule has 7 heteroatoms. The zero-order valence-corrected chi connectivity index (χ0v) is 14.6. The van der Waals surface area contributed by atoms with Crippen molar-refractivity contribution in [2.75, 3.05) is 11.1 Å². The van der Waals surface area contributed by atoms with Crippen molar-refractivity contribution in [3.8, 4) is 11.3 Å². The van der Waals surface area contributed by atoms with Crippen molar-refractivity contribution in [3.05, 3.63) is 65.1 Å². The zero-order chi connectivity index (χ0) is 17.4. The Labute approximate surface area is 153 Å². The third-order valence-electron chi connectivity index (χ3n) is 3.90. The van der Waals surface area contributed by atoms with Crippen LogP contribution in [0.25, 0.3) is 11.3 Å². The number of hydrogen-bond donors (Lipinski definition) is 1. The number of benzene rings is 2. The maximum absolute atomic E-state index is 13.1. The predicted octanol–water partition coefficient (Wildman–Crippen LogP) is 4.70. The van der Waals surface area contributed by atoms with E-state index in [0.717, 1.165) is 34.8 Å². The summed E-state index contributed by atoms with van der Waals surface area (Å²) in [4.78, 5) is 17.0. The molecule has 0 fully saturated rings. The molecule has 1 aliphatic rings. The second kappa shape index (κ2) is 6.54. The number of imidazole rings is 1. The fourth-order valence-electron chi connectivity index (χ4n) is 2.68. The lowest BCUT2D eigenvalue weighted by Crippen LogP contribution is -2.12. The summed E-state index contributed by atoms with van der Waals surface area (Å²) >= 11 is 7.68. The quantitative estimate of drug-likeness (QED) is 0.723. The van der Waals surface area contributed by atoms with Crippen molar-refractivity contribution in [2.24, 2.45) is 0 Å². The molecule has 4 rings (SSSR count). The minimum Gasteiger partial charge on any atom is -0.325 e. The van der Waals surface area contributed by atoms with E-state index in [2.05, 4.69) is 14.9 Å². The van der Waals surface area contributed by atoms with Crippen LogP contribution in [-0.2, 0) is 6.54 Å². The molecule has 126 valence electrons. The predicted molar refractivity (Wildman–Crippen MR) is 97.8 cm³/mol. The van der Waals surface area contributed by atoms with Gasteiger partial charge in [0.15, 0.2) is 5.16 Å². The summed E-state index contributed by atoms with van der Waals surface area (Å²) in [5.41, 5.74) is 2.65. The lowest BCUT2D eigenvalue weighted by molar-refractivity contribution is 0.102. The van der Waals surface area contributed by atoms with Gasteiger partial charge in [-0.1, -0.05) is 35.5 Å². The molecule has 1 amide bonds. The van der Waals surface area contributed by atoms with E-state index in [1.165, 1.54) is 12.1 Å². The number of rotatable bonds is 3. The first-order valence-electron chi connectivity index (χ1n) is 7.67. The van der Waals surface area contributed by atoms with Crippen LogP contribution in [0.3, 0.4) is 0 Å². The number of aromatic nitrogens is 2. The van der Waals surface area contributed by atoms with Crippen LogP contribution in [0.2, 0.25) is 5.02 Å². The van der Waals surface area contributed by atoms with Gasteiger partial charge in [-0.15, -0.1) is 0 Å². The minimum absolute atomic E-state index is 0.0798. The van der Waals surface area contributed by atoms with E-state index < -0.39 is 5.82 Å². The fraction of sp³-hybridized carbons (Fsp3) is 0.111. The molecule has 4 nitrogen and oxygen atoms in total. The van der Waals surface area contributed by atoms with E-state index in [4.69, 9.17) is 11.6 Å². The number of fused-ring (bicyclic) bond motifs is 1. The highest BCUT2D eigenvalue weighted by Gasteiger charge is 2.16. The number of amides is 1. The molecule has 2 aromatic carbocycles. The summed E-state index contributed by atoms with van der Waals surface area (Å²) in [6.45, 7) is 0.965. The summed E-state index contributed by atoms with van der Waals surface area (Å²) in [5.74, 6) is 0.191. The first-order valence-corrected chi connectivity index (χ1v) is 9.03. The third-order valence-corrected chi connectivity index (χ3v) is 5.18. The van der Waals surface area contributed by atoms with E-state index in [9.17, 15) is 9.18 Å². The van der Waals surface area contributed by atoms with Crippen LogP contribution < -0.4 is 5.32 Å². The second-order valence-corrected chi connectivity index (χ2v) is 7.08. The standard InChI is InChI=1S/C18H13ClFN3OS/c19-15-9-12(20)4-5-14(15)17(24)21-13-3-1-2-11(8-13)16-10-23-6-7-25-18(23)22-16/h1-5,8-10H,6-7H2,(H,21,24). The van der Waals surface area contributed by atoms with E-state index >= 15 is 0 Å². The molecule has 0 unspecified atom stereocenters. The molecule has 3 aromatic rings. The SMILES string of the molecule is O=C(Nc1cccc(-c2cn3c(n2)SCC3)c1)c1ccc(F)cc1Cl. The second-order valence-electron chi connectivity index (χ2n) is 5.61. The Hall–Kier alpha value is -2.31. The van der Waals surface area contributed by atoms with Gasteiger partial charge in [-0.05, 0) is 30.3 Å². The van der Waals surface area contributed by atoms with Gasteiger partial charge in [0.05, 0.1) is 16.3 Å². The topological polar surface area (TPSA) is 46.9 Å². The molecule has 1 N–H and O–H groups in total. The van der Waals surface area contributed by atoms with Gasteiger partial charge >= 0.3 is 0 Å². The molecule has 0 radical (unpaired) electrons. The van der Waals surface area contributed by atoms with Gasteiger partial charge in [-0.25, -0.2) is 9.37 Å². The van der Waals surface area contributed by atoms with Crippen molar-refractivity contribution >= 4 is 35.0 Å². The third kappa shape index (κ3) is 3.27. The minimum atomic E-state index is -0.478. The lowest BCUT2D eigenvalue weighted by atomic mass is 10.1. The number of carbonyl (C=O) groups is 1. The van der Waals surface area contributed by atoms with Crippen LogP contribution in [0.4, 0.5) is 10.1 Å². The van der Waals surface area contributed by atoms with E-state index in [0.29, 0.717) is 5.69 Å². The van der Waals surface area contributed by atoms with E-state index in [1.54, 1.807) is 17.8 Å². The Morgan fingerprint density at radius 1 is 1.28 bits per heavy atom. The Bertz CT molecular complexity index is 951. The van der Waals surface area contributed by atoms with Crippen molar-refractivity contribution in [1.82, 2.24) is 9.55 Å². The van der Waals surface area contributed by atoms with Crippen molar-refractivity contribution in [2.45, 2.75) is 11.7 Å². The number of halogens is 2. The van der Waals surface area contributed by atoms with Gasteiger partial charge in [0.2, 0.25) is 0 Å². The zero-order valence-electron chi connectivity index (χ0n) is 13.0. The molecule has 0 spiro atoms. The van der Waals surface area contributed by atoms with Crippen LogP contribution in [-0.4, -0.2) is 21.2 Å². The Balaban J connectivity index is 1.58. The average molecular weight is 374 g/mol. The number of anilines is 1. The van der Waals surface area contributed by atoms with Gasteiger partial charge in [-0.3, -0.25) is 4.79 Å². The highest BCUT2D eigenvalue weighted by molar-refractivity contribution is 7.99. The fourth-order valence-corrected chi connectivity index (χ4v) is 3.87. The van der Waals surface area contributed by atoms with E-state index in [1.807, 2.05) is 24.4 Å². The van der Waals surface area contributed by atoms with Crippen molar-refractivity contribution in [3.63, 3.8) is 0 Å². The van der Waals surface area contributed by atoms with Crippen molar-refractivity contribution < 1.29 is 9.18 Å². The molecule has 2 heterocycles. The molecule has 1 aromatic heterocycles. The molecular formula is C18H13ClFN3OS. The summed E-state index contributed by atoms with van der Waals surface area (Å²) < 4.78 is 15.2. The smallest absolute Gasteiger partial charge is 0.257 e.